The lowest BCUT2D eigenvalue weighted by molar-refractivity contribution is -0.137. The van der Waals surface area contributed by atoms with Gasteiger partial charge in [-0.25, -0.2) is 0 Å². The van der Waals surface area contributed by atoms with Crippen molar-refractivity contribution >= 4 is 33.5 Å². The molecular weight excluding hydrogens is 286 g/mol. The quantitative estimate of drug-likeness (QED) is 0.900. The van der Waals surface area contributed by atoms with E-state index >= 15 is 0 Å². The average Bonchev–Trinajstić information content (AvgIpc) is 2.28. The lowest BCUT2D eigenvalue weighted by atomic mass is 9.90. The average molecular weight is 298 g/mol. The Hall–Kier alpha value is -1.36. The van der Waals surface area contributed by atoms with Gasteiger partial charge in [0, 0.05) is 16.8 Å². The topological polar surface area (TPSA) is 66.4 Å². The summed E-state index contributed by atoms with van der Waals surface area (Å²) in [5, 5.41) is 11.5. The number of benzene rings is 1. The Balaban J connectivity index is 2.16. The summed E-state index contributed by atoms with van der Waals surface area (Å²) < 4.78 is 0.861. The highest BCUT2D eigenvalue weighted by molar-refractivity contribution is 9.10. The highest BCUT2D eigenvalue weighted by Gasteiger charge is 2.27. The minimum Gasteiger partial charge on any atom is -0.481 e. The molecule has 90 valence electrons. The monoisotopic (exact) mass is 297 g/mol. The van der Waals surface area contributed by atoms with Crippen LogP contribution < -0.4 is 5.32 Å². The third kappa shape index (κ3) is 2.66. The highest BCUT2D eigenvalue weighted by atomic mass is 79.9. The van der Waals surface area contributed by atoms with Gasteiger partial charge < -0.3 is 10.4 Å². The number of nitrogens with one attached hydrogen (secondary N) is 1. The number of amides is 1. The maximum atomic E-state index is 11.8. The van der Waals surface area contributed by atoms with Gasteiger partial charge in [-0.1, -0.05) is 12.1 Å². The minimum absolute atomic E-state index is 0.0292. The summed E-state index contributed by atoms with van der Waals surface area (Å²) in [6.07, 6.45) is 1.02. The zero-order chi connectivity index (χ0) is 12.4. The summed E-state index contributed by atoms with van der Waals surface area (Å²) in [5.41, 5.74) is 1.86. The lowest BCUT2D eigenvalue weighted by Gasteiger charge is -2.25. The molecule has 1 unspecified atom stereocenters. The van der Waals surface area contributed by atoms with Gasteiger partial charge in [-0.15, -0.1) is 0 Å². The predicted molar refractivity (Wildman–Crippen MR) is 66.8 cm³/mol. The molecule has 0 fully saturated rings. The van der Waals surface area contributed by atoms with Crippen molar-refractivity contribution in [2.75, 3.05) is 5.32 Å². The molecular formula is C12H12BrNO3. The van der Waals surface area contributed by atoms with Crippen LogP contribution in [0.1, 0.15) is 18.4 Å². The summed E-state index contributed by atoms with van der Waals surface area (Å²) in [6, 6.07) is 5.73. The zero-order valence-electron chi connectivity index (χ0n) is 9.07. The molecule has 0 saturated heterocycles. The first-order chi connectivity index (χ1) is 8.08. The van der Waals surface area contributed by atoms with E-state index in [0.717, 1.165) is 15.7 Å². The molecule has 17 heavy (non-hydrogen) atoms. The second kappa shape index (κ2) is 4.87. The molecule has 1 aliphatic heterocycles. The van der Waals surface area contributed by atoms with Crippen LogP contribution in [0.5, 0.6) is 0 Å². The van der Waals surface area contributed by atoms with Crippen molar-refractivity contribution in [3.63, 3.8) is 0 Å². The van der Waals surface area contributed by atoms with E-state index in [-0.39, 0.29) is 18.2 Å². The van der Waals surface area contributed by atoms with Gasteiger partial charge in [0.1, 0.15) is 0 Å². The van der Waals surface area contributed by atoms with Crippen LogP contribution in [0.25, 0.3) is 0 Å². The molecule has 1 aromatic rings. The summed E-state index contributed by atoms with van der Waals surface area (Å²) in [5.74, 6) is -1.20. The molecule has 1 amide bonds. The molecule has 0 aromatic heterocycles. The number of hydrogen-bond donors (Lipinski definition) is 2. The second-order valence-electron chi connectivity index (χ2n) is 4.10. The largest absolute Gasteiger partial charge is 0.481 e. The van der Waals surface area contributed by atoms with Crippen molar-refractivity contribution in [2.45, 2.75) is 19.3 Å². The third-order valence-electron chi connectivity index (χ3n) is 2.89. The van der Waals surface area contributed by atoms with Gasteiger partial charge in [0.15, 0.2) is 0 Å². The van der Waals surface area contributed by atoms with Gasteiger partial charge >= 0.3 is 5.97 Å². The third-order valence-corrected chi connectivity index (χ3v) is 3.55. The minimum atomic E-state index is -0.863. The molecule has 0 radical (unpaired) electrons. The number of carboxylic acids is 1. The van der Waals surface area contributed by atoms with E-state index in [0.29, 0.717) is 12.8 Å². The van der Waals surface area contributed by atoms with E-state index in [1.54, 1.807) is 0 Å². The molecule has 1 aromatic carbocycles. The SMILES string of the molecule is O=C(O)CCC1Cc2cccc(Br)c2NC1=O. The van der Waals surface area contributed by atoms with E-state index in [1.807, 2.05) is 18.2 Å². The summed E-state index contributed by atoms with van der Waals surface area (Å²) >= 11 is 3.38. The Kier molecular flexibility index (Phi) is 3.47. The van der Waals surface area contributed by atoms with Crippen molar-refractivity contribution in [1.29, 1.82) is 0 Å². The lowest BCUT2D eigenvalue weighted by Crippen LogP contribution is -2.30. The second-order valence-corrected chi connectivity index (χ2v) is 4.95. The number of hydrogen-bond acceptors (Lipinski definition) is 2. The number of fused-ring (bicyclic) bond motifs is 1. The molecule has 0 aliphatic carbocycles. The van der Waals surface area contributed by atoms with E-state index in [4.69, 9.17) is 5.11 Å². The predicted octanol–water partition coefficient (Wildman–Crippen LogP) is 2.42. The number of carbonyl (C=O) groups is 2. The van der Waals surface area contributed by atoms with Crippen LogP contribution in [-0.2, 0) is 16.0 Å². The van der Waals surface area contributed by atoms with Crippen molar-refractivity contribution in [3.05, 3.63) is 28.2 Å². The van der Waals surface area contributed by atoms with Gasteiger partial charge in [-0.2, -0.15) is 0 Å². The van der Waals surface area contributed by atoms with Crippen molar-refractivity contribution < 1.29 is 14.7 Å². The van der Waals surface area contributed by atoms with Crippen molar-refractivity contribution in [1.82, 2.24) is 0 Å². The van der Waals surface area contributed by atoms with E-state index in [9.17, 15) is 9.59 Å². The molecule has 0 spiro atoms. The molecule has 1 atom stereocenters. The van der Waals surface area contributed by atoms with Crippen molar-refractivity contribution in [3.8, 4) is 0 Å². The van der Waals surface area contributed by atoms with Crippen LogP contribution >= 0.6 is 15.9 Å². The summed E-state index contributed by atoms with van der Waals surface area (Å²) in [7, 11) is 0. The maximum absolute atomic E-state index is 11.8. The number of halogens is 1. The normalized spacial score (nSPS) is 18.4. The van der Waals surface area contributed by atoms with Crippen LogP contribution in [0.3, 0.4) is 0 Å². The summed E-state index contributed by atoms with van der Waals surface area (Å²) in [4.78, 5) is 22.3. The smallest absolute Gasteiger partial charge is 0.303 e. The Labute approximate surface area is 107 Å². The molecule has 1 heterocycles. The number of aliphatic carboxylic acids is 1. The molecule has 4 nitrogen and oxygen atoms in total. The molecule has 0 bridgehead atoms. The van der Waals surface area contributed by atoms with Crippen LogP contribution in [0.4, 0.5) is 5.69 Å². The zero-order valence-corrected chi connectivity index (χ0v) is 10.7. The fourth-order valence-electron chi connectivity index (χ4n) is 1.99. The number of rotatable bonds is 3. The van der Waals surface area contributed by atoms with E-state index in [2.05, 4.69) is 21.2 Å². The summed E-state index contributed by atoms with van der Waals surface area (Å²) in [6.45, 7) is 0. The molecule has 2 N–H and O–H groups in total. The van der Waals surface area contributed by atoms with Gasteiger partial charge in [0.2, 0.25) is 5.91 Å². The van der Waals surface area contributed by atoms with Gasteiger partial charge in [-0.3, -0.25) is 9.59 Å². The van der Waals surface area contributed by atoms with Gasteiger partial charge in [0.05, 0.1) is 5.69 Å². The first-order valence-corrected chi connectivity index (χ1v) is 6.17. The molecule has 0 saturated carbocycles. The fraction of sp³-hybridized carbons (Fsp3) is 0.333. The number of para-hydroxylation sites is 1. The van der Waals surface area contributed by atoms with Gasteiger partial charge in [-0.05, 0) is 40.4 Å². The molecule has 1 aliphatic rings. The van der Waals surface area contributed by atoms with Crippen LogP contribution in [0.15, 0.2) is 22.7 Å². The van der Waals surface area contributed by atoms with Crippen LogP contribution in [0.2, 0.25) is 0 Å². The van der Waals surface area contributed by atoms with Crippen LogP contribution in [-0.4, -0.2) is 17.0 Å². The highest BCUT2D eigenvalue weighted by Crippen LogP contribution is 2.33. The number of carbonyl (C=O) groups excluding carboxylic acids is 1. The first-order valence-electron chi connectivity index (χ1n) is 5.38. The Morgan fingerprint density at radius 1 is 1.53 bits per heavy atom. The maximum Gasteiger partial charge on any atom is 0.303 e. The van der Waals surface area contributed by atoms with Crippen molar-refractivity contribution in [2.24, 2.45) is 5.92 Å². The van der Waals surface area contributed by atoms with Gasteiger partial charge in [0.25, 0.3) is 0 Å². The van der Waals surface area contributed by atoms with E-state index in [1.165, 1.54) is 0 Å². The molecule has 2 rings (SSSR count). The Morgan fingerprint density at radius 2 is 2.29 bits per heavy atom. The fourth-order valence-corrected chi connectivity index (χ4v) is 2.50. The first kappa shape index (κ1) is 12.1. The van der Waals surface area contributed by atoms with Crippen LogP contribution in [0, 0.1) is 5.92 Å². The Bertz CT molecular complexity index is 473. The Morgan fingerprint density at radius 3 is 3.00 bits per heavy atom. The standard InChI is InChI=1S/C12H12BrNO3/c13-9-3-1-2-7-6-8(4-5-10(15)16)12(17)14-11(7)9/h1-3,8H,4-6H2,(H,14,17)(H,15,16). The molecule has 5 heteroatoms. The van der Waals surface area contributed by atoms with E-state index < -0.39 is 5.97 Å². The number of anilines is 1. The number of carboxylic acid groups (broad SMARTS) is 1.